The molecule has 7 heteroatoms. The van der Waals surface area contributed by atoms with Crippen LogP contribution < -0.4 is 5.32 Å². The number of anilines is 1. The maximum Gasteiger partial charge on any atom is 0.224 e. The number of carbonyl (C=O) groups excluding carboxylic acids is 1. The molecule has 2 N–H and O–H groups in total. The molecular weight excluding hydrogens is 484 g/mol. The monoisotopic (exact) mass is 516 g/mol. The topological polar surface area (TPSA) is 95.9 Å². The Kier molecular flexibility index (Phi) is 7.59. The lowest BCUT2D eigenvalue weighted by atomic mass is 9.99. The number of aromatic nitrogens is 4. The van der Waals surface area contributed by atoms with Crippen LogP contribution in [0.2, 0.25) is 0 Å². The lowest BCUT2D eigenvalue weighted by Gasteiger charge is -2.12. The Bertz CT molecular complexity index is 1650. The van der Waals surface area contributed by atoms with Crippen molar-refractivity contribution in [3.63, 3.8) is 0 Å². The molecule has 0 bridgehead atoms. The molecule has 5 rings (SSSR count). The summed E-state index contributed by atoms with van der Waals surface area (Å²) in [5.74, 6) is 0.265. The van der Waals surface area contributed by atoms with Crippen LogP contribution in [0.3, 0.4) is 0 Å². The van der Waals surface area contributed by atoms with E-state index in [0.29, 0.717) is 18.7 Å². The van der Waals surface area contributed by atoms with Gasteiger partial charge < -0.3 is 10.3 Å². The van der Waals surface area contributed by atoms with Gasteiger partial charge in [-0.15, -0.1) is 0 Å². The largest absolute Gasteiger partial charge is 0.353 e. The Morgan fingerprint density at radius 3 is 2.54 bits per heavy atom. The number of pyridine rings is 3. The molecule has 7 nitrogen and oxygen atoms in total. The van der Waals surface area contributed by atoms with E-state index in [-0.39, 0.29) is 11.8 Å². The standard InChI is InChI=1S/C32H32N6O/c1-5-35-32(30-16-28-26(7-6-8-29(28)38-30)22-9-11-33-12-10-22)27-15-24(18-36-21(27)4)23-14-25(19-34-17-23)37-31(39)13-20(2)3/h6-12,14-20,38H,5,13H2,1-4H3,(H,37,39). The summed E-state index contributed by atoms with van der Waals surface area (Å²) in [6.45, 7) is 8.71. The van der Waals surface area contributed by atoms with Gasteiger partial charge in [0.2, 0.25) is 5.91 Å². The molecule has 0 atom stereocenters. The molecule has 4 aromatic heterocycles. The Balaban J connectivity index is 1.54. The summed E-state index contributed by atoms with van der Waals surface area (Å²) in [6.07, 6.45) is 9.38. The van der Waals surface area contributed by atoms with Gasteiger partial charge in [0.1, 0.15) is 0 Å². The molecule has 0 spiro atoms. The number of aromatic amines is 1. The van der Waals surface area contributed by atoms with Crippen LogP contribution in [-0.2, 0) is 4.79 Å². The van der Waals surface area contributed by atoms with Gasteiger partial charge in [-0.25, -0.2) is 0 Å². The minimum atomic E-state index is -0.0195. The molecule has 196 valence electrons. The summed E-state index contributed by atoms with van der Waals surface area (Å²) in [6, 6.07) is 16.5. The number of hydrogen-bond acceptors (Lipinski definition) is 5. The molecule has 0 radical (unpaired) electrons. The van der Waals surface area contributed by atoms with Gasteiger partial charge in [0.25, 0.3) is 0 Å². The maximum absolute atomic E-state index is 12.3. The number of H-pyrrole nitrogens is 1. The van der Waals surface area contributed by atoms with Gasteiger partial charge in [-0.2, -0.15) is 0 Å². The van der Waals surface area contributed by atoms with E-state index in [9.17, 15) is 4.79 Å². The van der Waals surface area contributed by atoms with Crippen molar-refractivity contribution in [1.82, 2.24) is 19.9 Å². The third-order valence-electron chi connectivity index (χ3n) is 6.52. The van der Waals surface area contributed by atoms with Gasteiger partial charge in [-0.3, -0.25) is 24.7 Å². The fourth-order valence-electron chi connectivity index (χ4n) is 4.72. The Morgan fingerprint density at radius 2 is 1.77 bits per heavy atom. The molecule has 5 aromatic rings. The fraction of sp³-hybridized carbons (Fsp3) is 0.219. The first-order chi connectivity index (χ1) is 18.9. The van der Waals surface area contributed by atoms with Gasteiger partial charge in [0.05, 0.1) is 23.3 Å². The van der Waals surface area contributed by atoms with Crippen LogP contribution in [0.15, 0.2) is 84.5 Å². The minimum Gasteiger partial charge on any atom is -0.353 e. The van der Waals surface area contributed by atoms with Crippen molar-refractivity contribution in [3.8, 4) is 22.3 Å². The van der Waals surface area contributed by atoms with E-state index in [1.807, 2.05) is 64.5 Å². The van der Waals surface area contributed by atoms with Crippen LogP contribution in [0, 0.1) is 12.8 Å². The van der Waals surface area contributed by atoms with E-state index < -0.39 is 0 Å². The average molecular weight is 517 g/mol. The van der Waals surface area contributed by atoms with Crippen LogP contribution in [0.1, 0.15) is 44.1 Å². The first-order valence-electron chi connectivity index (χ1n) is 13.2. The average Bonchev–Trinajstić information content (AvgIpc) is 3.36. The third-order valence-corrected chi connectivity index (χ3v) is 6.52. The van der Waals surface area contributed by atoms with Gasteiger partial charge in [-0.05, 0) is 67.3 Å². The molecule has 0 fully saturated rings. The number of nitrogens with one attached hydrogen (secondary N) is 2. The molecule has 0 saturated carbocycles. The Hall–Kier alpha value is -4.65. The van der Waals surface area contributed by atoms with Gasteiger partial charge in [0, 0.05) is 71.0 Å². The van der Waals surface area contributed by atoms with Crippen LogP contribution in [-0.4, -0.2) is 38.1 Å². The van der Waals surface area contributed by atoms with Gasteiger partial charge >= 0.3 is 0 Å². The maximum atomic E-state index is 12.3. The second-order valence-corrected chi connectivity index (χ2v) is 9.97. The number of benzene rings is 1. The first-order valence-corrected chi connectivity index (χ1v) is 13.2. The Morgan fingerprint density at radius 1 is 0.974 bits per heavy atom. The molecule has 1 aromatic carbocycles. The lowest BCUT2D eigenvalue weighted by Crippen LogP contribution is -2.14. The van der Waals surface area contributed by atoms with Crippen LogP contribution in [0.25, 0.3) is 33.2 Å². The minimum absolute atomic E-state index is 0.0195. The SMILES string of the molecule is CCN=C(c1cc2c(-c3ccncc3)cccc2[nH]1)c1cc(-c2cncc(NC(=O)CC(C)C)c2)cnc1C. The highest BCUT2D eigenvalue weighted by Gasteiger charge is 2.17. The highest BCUT2D eigenvalue weighted by Crippen LogP contribution is 2.31. The van der Waals surface area contributed by atoms with Crippen molar-refractivity contribution < 1.29 is 4.79 Å². The molecule has 0 unspecified atom stereocenters. The molecule has 0 aliphatic rings. The number of amides is 1. The summed E-state index contributed by atoms with van der Waals surface area (Å²) in [5.41, 5.74) is 9.36. The number of aryl methyl sites for hydroxylation is 1. The van der Waals surface area contributed by atoms with Gasteiger partial charge in [-0.1, -0.05) is 26.0 Å². The highest BCUT2D eigenvalue weighted by molar-refractivity contribution is 6.15. The molecule has 4 heterocycles. The predicted molar refractivity (Wildman–Crippen MR) is 158 cm³/mol. The fourth-order valence-corrected chi connectivity index (χ4v) is 4.72. The zero-order chi connectivity index (χ0) is 27.4. The second kappa shape index (κ2) is 11.4. The number of carbonyl (C=O) groups is 1. The smallest absolute Gasteiger partial charge is 0.224 e. The van der Waals surface area contributed by atoms with Crippen LogP contribution in [0.5, 0.6) is 0 Å². The van der Waals surface area contributed by atoms with Gasteiger partial charge in [0.15, 0.2) is 0 Å². The van der Waals surface area contributed by atoms with E-state index in [0.717, 1.165) is 55.8 Å². The third kappa shape index (κ3) is 5.77. The van der Waals surface area contributed by atoms with Crippen molar-refractivity contribution in [2.45, 2.75) is 34.1 Å². The van der Waals surface area contributed by atoms with Crippen LogP contribution >= 0.6 is 0 Å². The van der Waals surface area contributed by atoms with Crippen molar-refractivity contribution in [2.24, 2.45) is 10.9 Å². The van der Waals surface area contributed by atoms with E-state index in [1.54, 1.807) is 12.4 Å². The zero-order valence-corrected chi connectivity index (χ0v) is 22.7. The molecule has 0 saturated heterocycles. The molecule has 39 heavy (non-hydrogen) atoms. The zero-order valence-electron chi connectivity index (χ0n) is 22.7. The predicted octanol–water partition coefficient (Wildman–Crippen LogP) is 6.84. The molecule has 0 aliphatic carbocycles. The van der Waals surface area contributed by atoms with Crippen molar-refractivity contribution >= 4 is 28.2 Å². The van der Waals surface area contributed by atoms with Crippen molar-refractivity contribution in [2.75, 3.05) is 11.9 Å². The number of aliphatic imine (C=N–C) groups is 1. The number of fused-ring (bicyclic) bond motifs is 1. The quantitative estimate of drug-likeness (QED) is 0.221. The molecular formula is C32H32N6O. The van der Waals surface area contributed by atoms with Crippen molar-refractivity contribution in [1.29, 1.82) is 0 Å². The summed E-state index contributed by atoms with van der Waals surface area (Å²) in [7, 11) is 0. The van der Waals surface area contributed by atoms with Crippen molar-refractivity contribution in [3.05, 3.63) is 96.5 Å². The van der Waals surface area contributed by atoms with Crippen LogP contribution in [0.4, 0.5) is 5.69 Å². The molecule has 0 aliphatic heterocycles. The molecule has 1 amide bonds. The number of hydrogen-bond donors (Lipinski definition) is 2. The number of nitrogens with zero attached hydrogens (tertiary/aromatic N) is 4. The van der Waals surface area contributed by atoms with E-state index in [1.165, 1.54) is 0 Å². The normalized spacial score (nSPS) is 11.8. The van der Waals surface area contributed by atoms with E-state index >= 15 is 0 Å². The second-order valence-electron chi connectivity index (χ2n) is 9.97. The summed E-state index contributed by atoms with van der Waals surface area (Å²) >= 11 is 0. The lowest BCUT2D eigenvalue weighted by molar-refractivity contribution is -0.116. The Labute approximate surface area is 228 Å². The highest BCUT2D eigenvalue weighted by atomic mass is 16.1. The first kappa shape index (κ1) is 26.0. The number of rotatable bonds is 8. The summed E-state index contributed by atoms with van der Waals surface area (Å²) in [5, 5.41) is 4.08. The van der Waals surface area contributed by atoms with E-state index in [4.69, 9.17) is 9.98 Å². The summed E-state index contributed by atoms with van der Waals surface area (Å²) in [4.78, 5) is 34.0. The van der Waals surface area contributed by atoms with E-state index in [2.05, 4.69) is 50.6 Å². The summed E-state index contributed by atoms with van der Waals surface area (Å²) < 4.78 is 0.